The van der Waals surface area contributed by atoms with Gasteiger partial charge < -0.3 is 5.32 Å². The number of ketones is 3. The zero-order chi connectivity index (χ0) is 27.7. The molecule has 0 atom stereocenters. The predicted octanol–water partition coefficient (Wildman–Crippen LogP) is 6.63. The van der Waals surface area contributed by atoms with Crippen LogP contribution in [0.1, 0.15) is 63.7 Å². The topological polar surface area (TPSA) is 80.3 Å². The number of amides is 1. The van der Waals surface area contributed by atoms with E-state index in [1.165, 1.54) is 66.7 Å². The van der Waals surface area contributed by atoms with Gasteiger partial charge in [-0.15, -0.1) is 0 Å². The average Bonchev–Trinajstić information content (AvgIpc) is 2.94. The molecule has 0 spiro atoms. The van der Waals surface area contributed by atoms with Crippen molar-refractivity contribution >= 4 is 35.0 Å². The molecule has 4 aromatic carbocycles. The number of hydrogen-bond acceptors (Lipinski definition) is 4. The molecule has 1 aliphatic rings. The molecule has 39 heavy (non-hydrogen) atoms. The standard InChI is InChI=1S/C31H18F3NO4/c32-31(33,34)24-10-3-4-11-25(24)35-30(39)19-15-12-18(13-16-19)14-17-26(36)22-8-5-9-23-27(22)29(38)21-7-2-1-6-20(21)28(23)37/h1-17H,(H,35,39)/b17-14+. The minimum atomic E-state index is -4.62. The molecule has 4 aromatic rings. The fraction of sp³-hybridized carbons (Fsp3) is 0.0323. The van der Waals surface area contributed by atoms with Gasteiger partial charge in [-0.05, 0) is 35.9 Å². The molecule has 0 heterocycles. The molecule has 0 bridgehead atoms. The number of para-hydroxylation sites is 1. The lowest BCUT2D eigenvalue weighted by atomic mass is 9.81. The van der Waals surface area contributed by atoms with Crippen LogP contribution in [0.15, 0.2) is 97.1 Å². The Morgan fingerprint density at radius 2 is 1.31 bits per heavy atom. The van der Waals surface area contributed by atoms with Crippen molar-refractivity contribution in [3.8, 4) is 0 Å². The van der Waals surface area contributed by atoms with Gasteiger partial charge in [0, 0.05) is 33.4 Å². The van der Waals surface area contributed by atoms with Gasteiger partial charge in [-0.2, -0.15) is 13.2 Å². The molecule has 1 N–H and O–H groups in total. The van der Waals surface area contributed by atoms with Crippen molar-refractivity contribution < 1.29 is 32.3 Å². The lowest BCUT2D eigenvalue weighted by Gasteiger charge is -2.19. The van der Waals surface area contributed by atoms with Crippen LogP contribution in [0.5, 0.6) is 0 Å². The first kappa shape index (κ1) is 25.5. The number of allylic oxidation sites excluding steroid dienone is 1. The highest BCUT2D eigenvalue weighted by atomic mass is 19.4. The number of anilines is 1. The third-order valence-corrected chi connectivity index (χ3v) is 6.30. The van der Waals surface area contributed by atoms with Crippen LogP contribution in [0.2, 0.25) is 0 Å². The van der Waals surface area contributed by atoms with Crippen molar-refractivity contribution in [2.75, 3.05) is 5.32 Å². The molecule has 0 saturated carbocycles. The Kier molecular flexibility index (Phi) is 6.54. The maximum atomic E-state index is 13.2. The summed E-state index contributed by atoms with van der Waals surface area (Å²) >= 11 is 0. The summed E-state index contributed by atoms with van der Waals surface area (Å²) in [4.78, 5) is 51.6. The zero-order valence-electron chi connectivity index (χ0n) is 20.1. The van der Waals surface area contributed by atoms with Gasteiger partial charge in [0.05, 0.1) is 11.3 Å². The summed E-state index contributed by atoms with van der Waals surface area (Å²) in [6.07, 6.45) is -1.89. The van der Waals surface area contributed by atoms with Gasteiger partial charge in [-0.3, -0.25) is 19.2 Å². The van der Waals surface area contributed by atoms with Crippen molar-refractivity contribution in [2.45, 2.75) is 6.18 Å². The van der Waals surface area contributed by atoms with Crippen molar-refractivity contribution in [3.05, 3.63) is 142 Å². The van der Waals surface area contributed by atoms with Gasteiger partial charge in [-0.25, -0.2) is 0 Å². The van der Waals surface area contributed by atoms with Crippen LogP contribution in [0.4, 0.5) is 18.9 Å². The van der Waals surface area contributed by atoms with Crippen LogP contribution < -0.4 is 5.32 Å². The number of benzene rings is 4. The largest absolute Gasteiger partial charge is 0.418 e. The highest BCUT2D eigenvalue weighted by Gasteiger charge is 2.34. The normalized spacial score (nSPS) is 12.7. The van der Waals surface area contributed by atoms with E-state index in [0.29, 0.717) is 11.1 Å². The van der Waals surface area contributed by atoms with E-state index in [4.69, 9.17) is 0 Å². The Hall–Kier alpha value is -5.11. The predicted molar refractivity (Wildman–Crippen MR) is 139 cm³/mol. The van der Waals surface area contributed by atoms with Crippen molar-refractivity contribution in [3.63, 3.8) is 0 Å². The van der Waals surface area contributed by atoms with Gasteiger partial charge in [-0.1, -0.05) is 72.8 Å². The van der Waals surface area contributed by atoms with Crippen molar-refractivity contribution in [1.29, 1.82) is 0 Å². The Balaban J connectivity index is 1.34. The molecule has 8 heteroatoms. The van der Waals surface area contributed by atoms with E-state index in [1.54, 1.807) is 30.3 Å². The van der Waals surface area contributed by atoms with Crippen LogP contribution in [-0.4, -0.2) is 23.3 Å². The SMILES string of the molecule is O=C(Nc1ccccc1C(F)(F)F)c1ccc(/C=C/C(=O)c2cccc3c2C(=O)c2ccccc2C3=O)cc1. The maximum Gasteiger partial charge on any atom is 0.418 e. The first-order valence-electron chi connectivity index (χ1n) is 11.8. The number of carbonyl (C=O) groups excluding carboxylic acids is 4. The first-order valence-corrected chi connectivity index (χ1v) is 11.8. The third kappa shape index (κ3) is 4.92. The maximum absolute atomic E-state index is 13.2. The lowest BCUT2D eigenvalue weighted by Crippen LogP contribution is -2.23. The van der Waals surface area contributed by atoms with E-state index in [-0.39, 0.29) is 39.3 Å². The molecular weight excluding hydrogens is 507 g/mol. The number of fused-ring (bicyclic) bond motifs is 2. The molecule has 1 aliphatic carbocycles. The fourth-order valence-electron chi connectivity index (χ4n) is 4.39. The number of alkyl halides is 3. The second kappa shape index (κ2) is 9.98. The van der Waals surface area contributed by atoms with Gasteiger partial charge in [0.15, 0.2) is 17.3 Å². The summed E-state index contributed by atoms with van der Waals surface area (Å²) in [6, 6.07) is 21.6. The molecule has 1 amide bonds. The van der Waals surface area contributed by atoms with Crippen molar-refractivity contribution in [1.82, 2.24) is 0 Å². The minimum Gasteiger partial charge on any atom is -0.321 e. The molecule has 0 aliphatic heterocycles. The molecule has 0 fully saturated rings. The molecule has 0 saturated heterocycles. The number of hydrogen-bond donors (Lipinski definition) is 1. The van der Waals surface area contributed by atoms with E-state index in [0.717, 1.165) is 6.07 Å². The summed E-state index contributed by atoms with van der Waals surface area (Å²) in [5.41, 5.74) is 0.198. The molecule has 0 unspecified atom stereocenters. The smallest absolute Gasteiger partial charge is 0.321 e. The molecule has 0 aromatic heterocycles. The quantitative estimate of drug-likeness (QED) is 0.206. The van der Waals surface area contributed by atoms with Gasteiger partial charge in [0.2, 0.25) is 0 Å². The van der Waals surface area contributed by atoms with E-state index >= 15 is 0 Å². The Bertz CT molecular complexity index is 1690. The Labute approximate surface area is 220 Å². The number of halogens is 3. The summed E-state index contributed by atoms with van der Waals surface area (Å²) in [5.74, 6) is -1.94. The van der Waals surface area contributed by atoms with E-state index < -0.39 is 29.2 Å². The highest BCUT2D eigenvalue weighted by molar-refractivity contribution is 6.31. The molecule has 5 nitrogen and oxygen atoms in total. The highest BCUT2D eigenvalue weighted by Crippen LogP contribution is 2.35. The van der Waals surface area contributed by atoms with E-state index in [9.17, 15) is 32.3 Å². The lowest BCUT2D eigenvalue weighted by molar-refractivity contribution is -0.136. The second-order valence-corrected chi connectivity index (χ2v) is 8.75. The summed E-state index contributed by atoms with van der Waals surface area (Å²) < 4.78 is 39.6. The summed E-state index contributed by atoms with van der Waals surface area (Å²) in [7, 11) is 0. The zero-order valence-corrected chi connectivity index (χ0v) is 20.1. The molecule has 0 radical (unpaired) electrons. The van der Waals surface area contributed by atoms with Gasteiger partial charge in [0.1, 0.15) is 0 Å². The third-order valence-electron chi connectivity index (χ3n) is 6.30. The van der Waals surface area contributed by atoms with Crippen LogP contribution >= 0.6 is 0 Å². The monoisotopic (exact) mass is 525 g/mol. The summed E-state index contributed by atoms with van der Waals surface area (Å²) in [5, 5.41) is 2.28. The average molecular weight is 525 g/mol. The molecule has 192 valence electrons. The van der Waals surface area contributed by atoms with Crippen LogP contribution in [-0.2, 0) is 6.18 Å². The number of rotatable bonds is 5. The minimum absolute atomic E-state index is 0.0574. The van der Waals surface area contributed by atoms with Crippen LogP contribution in [0.25, 0.3) is 6.08 Å². The van der Waals surface area contributed by atoms with Gasteiger partial charge >= 0.3 is 6.18 Å². The molecule has 5 rings (SSSR count). The van der Waals surface area contributed by atoms with Gasteiger partial charge in [0.25, 0.3) is 5.91 Å². The Morgan fingerprint density at radius 3 is 2.00 bits per heavy atom. The first-order chi connectivity index (χ1) is 18.6. The number of nitrogens with one attached hydrogen (secondary N) is 1. The van der Waals surface area contributed by atoms with Crippen LogP contribution in [0, 0.1) is 0 Å². The van der Waals surface area contributed by atoms with Crippen molar-refractivity contribution in [2.24, 2.45) is 0 Å². The summed E-state index contributed by atoms with van der Waals surface area (Å²) in [6.45, 7) is 0. The second-order valence-electron chi connectivity index (χ2n) is 8.75. The van der Waals surface area contributed by atoms with Crippen LogP contribution in [0.3, 0.4) is 0 Å². The van der Waals surface area contributed by atoms with E-state index in [2.05, 4.69) is 5.32 Å². The Morgan fingerprint density at radius 1 is 0.692 bits per heavy atom. The number of carbonyl (C=O) groups is 4. The fourth-order valence-corrected chi connectivity index (χ4v) is 4.39. The molecular formula is C31H18F3NO4. The van der Waals surface area contributed by atoms with E-state index in [1.807, 2.05) is 0 Å².